The Hall–Kier alpha value is -3.28. The standard InChI is InChI=1S/C31H36BrFN4O4S/c1-35(2)42(40,41)37(28-17-15-26(33)16-18-28)22-30(38)36(21-24-11-8-12-25(32)19-24)29(20-23-9-4-3-5-10-23)31(39)34-27-13-6-7-14-27/h3-5,8-12,15-19,27,29H,6-7,13-14,20-22H2,1-2H3,(H,34,39)/t29-/m1/s1. The number of benzene rings is 3. The minimum Gasteiger partial charge on any atom is -0.352 e. The molecule has 4 rings (SSSR count). The summed E-state index contributed by atoms with van der Waals surface area (Å²) in [6, 6.07) is 20.9. The van der Waals surface area contributed by atoms with Crippen LogP contribution in [0.2, 0.25) is 0 Å². The van der Waals surface area contributed by atoms with Crippen LogP contribution in [0.3, 0.4) is 0 Å². The summed E-state index contributed by atoms with van der Waals surface area (Å²) in [5.41, 5.74) is 1.77. The van der Waals surface area contributed by atoms with E-state index < -0.39 is 34.5 Å². The van der Waals surface area contributed by atoms with Crippen LogP contribution in [-0.2, 0) is 32.8 Å². The van der Waals surface area contributed by atoms with Gasteiger partial charge in [0.15, 0.2) is 0 Å². The molecule has 0 heterocycles. The third kappa shape index (κ3) is 8.17. The first-order valence-corrected chi connectivity index (χ1v) is 16.1. The fourth-order valence-corrected chi connectivity index (χ4v) is 6.58. The number of hydrogen-bond acceptors (Lipinski definition) is 4. The van der Waals surface area contributed by atoms with Crippen LogP contribution in [0.1, 0.15) is 36.8 Å². The fourth-order valence-electron chi connectivity index (χ4n) is 5.08. The van der Waals surface area contributed by atoms with Crippen molar-refractivity contribution in [2.45, 2.75) is 50.7 Å². The Morgan fingerprint density at radius 2 is 1.60 bits per heavy atom. The topological polar surface area (TPSA) is 90.0 Å². The van der Waals surface area contributed by atoms with Crippen molar-refractivity contribution in [2.75, 3.05) is 24.9 Å². The predicted octanol–water partition coefficient (Wildman–Crippen LogP) is 4.90. The molecule has 0 saturated heterocycles. The first kappa shape index (κ1) is 31.7. The SMILES string of the molecule is CN(C)S(=O)(=O)N(CC(=O)N(Cc1cccc(Br)c1)[C@H](Cc1ccccc1)C(=O)NC1CCCC1)c1ccc(F)cc1. The largest absolute Gasteiger partial charge is 0.352 e. The Labute approximate surface area is 255 Å². The van der Waals surface area contributed by atoms with Gasteiger partial charge in [0, 0.05) is 37.6 Å². The highest BCUT2D eigenvalue weighted by atomic mass is 79.9. The monoisotopic (exact) mass is 658 g/mol. The van der Waals surface area contributed by atoms with E-state index in [-0.39, 0.29) is 30.6 Å². The van der Waals surface area contributed by atoms with Crippen molar-refractivity contribution in [2.24, 2.45) is 0 Å². The van der Waals surface area contributed by atoms with Gasteiger partial charge in [0.05, 0.1) is 5.69 Å². The number of rotatable bonds is 12. The van der Waals surface area contributed by atoms with Crippen LogP contribution >= 0.6 is 15.9 Å². The maximum absolute atomic E-state index is 14.3. The Morgan fingerprint density at radius 1 is 0.952 bits per heavy atom. The van der Waals surface area contributed by atoms with Gasteiger partial charge in [-0.3, -0.25) is 9.59 Å². The van der Waals surface area contributed by atoms with Crippen molar-refractivity contribution in [3.05, 3.63) is 100 Å². The highest BCUT2D eigenvalue weighted by Crippen LogP contribution is 2.24. The fraction of sp³-hybridized carbons (Fsp3) is 0.355. The molecule has 1 aliphatic rings. The van der Waals surface area contributed by atoms with Gasteiger partial charge in [-0.25, -0.2) is 8.70 Å². The van der Waals surface area contributed by atoms with Gasteiger partial charge in [-0.05, 0) is 60.4 Å². The molecule has 0 radical (unpaired) electrons. The molecule has 0 bridgehead atoms. The molecule has 0 unspecified atom stereocenters. The average Bonchev–Trinajstić information content (AvgIpc) is 3.47. The molecule has 224 valence electrons. The molecule has 1 aliphatic carbocycles. The predicted molar refractivity (Wildman–Crippen MR) is 165 cm³/mol. The van der Waals surface area contributed by atoms with Crippen molar-refractivity contribution in [3.63, 3.8) is 0 Å². The number of halogens is 2. The highest BCUT2D eigenvalue weighted by Gasteiger charge is 2.35. The summed E-state index contributed by atoms with van der Waals surface area (Å²) < 4.78 is 43.3. The summed E-state index contributed by atoms with van der Waals surface area (Å²) in [5, 5.41) is 3.15. The zero-order valence-corrected chi connectivity index (χ0v) is 26.2. The lowest BCUT2D eigenvalue weighted by Gasteiger charge is -2.35. The molecule has 1 N–H and O–H groups in total. The van der Waals surface area contributed by atoms with Gasteiger partial charge in [-0.1, -0.05) is 71.2 Å². The normalized spacial score (nSPS) is 14.5. The molecule has 1 atom stereocenters. The number of nitrogens with one attached hydrogen (secondary N) is 1. The van der Waals surface area contributed by atoms with Crippen LogP contribution in [0.4, 0.5) is 10.1 Å². The molecule has 1 fully saturated rings. The van der Waals surface area contributed by atoms with Gasteiger partial charge >= 0.3 is 10.2 Å². The number of carbonyl (C=O) groups is 2. The second kappa shape index (κ2) is 14.3. The lowest BCUT2D eigenvalue weighted by Crippen LogP contribution is -2.55. The van der Waals surface area contributed by atoms with E-state index in [0.29, 0.717) is 0 Å². The van der Waals surface area contributed by atoms with E-state index in [1.807, 2.05) is 54.6 Å². The summed E-state index contributed by atoms with van der Waals surface area (Å²) >= 11 is 3.48. The van der Waals surface area contributed by atoms with Crippen molar-refractivity contribution in [1.82, 2.24) is 14.5 Å². The minimum atomic E-state index is -4.15. The number of hydrogen-bond donors (Lipinski definition) is 1. The van der Waals surface area contributed by atoms with E-state index in [0.717, 1.165) is 62.0 Å². The molecule has 3 aromatic carbocycles. The number of carbonyl (C=O) groups excluding carboxylic acids is 2. The molecule has 0 aliphatic heterocycles. The summed E-state index contributed by atoms with van der Waals surface area (Å²) in [6.45, 7) is -0.505. The number of nitrogens with zero attached hydrogens (tertiary/aromatic N) is 3. The second-order valence-corrected chi connectivity index (χ2v) is 13.6. The Balaban J connectivity index is 1.75. The quantitative estimate of drug-likeness (QED) is 0.300. The van der Waals surface area contributed by atoms with E-state index in [4.69, 9.17) is 0 Å². The summed E-state index contributed by atoms with van der Waals surface area (Å²) in [6.07, 6.45) is 4.07. The van der Waals surface area contributed by atoms with Crippen molar-refractivity contribution < 1.29 is 22.4 Å². The van der Waals surface area contributed by atoms with E-state index in [2.05, 4.69) is 21.2 Å². The van der Waals surface area contributed by atoms with Gasteiger partial charge in [0.25, 0.3) is 0 Å². The molecule has 8 nitrogen and oxygen atoms in total. The molecule has 3 aromatic rings. The van der Waals surface area contributed by atoms with E-state index in [1.54, 1.807) is 0 Å². The maximum Gasteiger partial charge on any atom is 0.304 e. The van der Waals surface area contributed by atoms with Gasteiger partial charge in [-0.2, -0.15) is 12.7 Å². The van der Waals surface area contributed by atoms with Crippen LogP contribution in [0.25, 0.3) is 0 Å². The van der Waals surface area contributed by atoms with Gasteiger partial charge < -0.3 is 10.2 Å². The molecule has 2 amide bonds. The van der Waals surface area contributed by atoms with Crippen LogP contribution in [0, 0.1) is 5.82 Å². The summed E-state index contributed by atoms with van der Waals surface area (Å²) in [5.74, 6) is -1.37. The zero-order valence-electron chi connectivity index (χ0n) is 23.7. The van der Waals surface area contributed by atoms with E-state index in [9.17, 15) is 22.4 Å². The lowest BCUT2D eigenvalue weighted by atomic mass is 10.0. The van der Waals surface area contributed by atoms with E-state index in [1.165, 1.54) is 31.1 Å². The van der Waals surface area contributed by atoms with Gasteiger partial charge in [0.1, 0.15) is 18.4 Å². The summed E-state index contributed by atoms with van der Waals surface area (Å²) in [7, 11) is -1.42. The molecular formula is C31H36BrFN4O4S. The molecule has 0 spiro atoms. The highest BCUT2D eigenvalue weighted by molar-refractivity contribution is 9.10. The first-order chi connectivity index (χ1) is 20.0. The molecule has 1 saturated carbocycles. The van der Waals surface area contributed by atoms with Gasteiger partial charge in [-0.15, -0.1) is 0 Å². The van der Waals surface area contributed by atoms with Crippen LogP contribution in [0.5, 0.6) is 0 Å². The van der Waals surface area contributed by atoms with Crippen molar-refractivity contribution >= 4 is 43.6 Å². The third-order valence-electron chi connectivity index (χ3n) is 7.35. The minimum absolute atomic E-state index is 0.0310. The van der Waals surface area contributed by atoms with Crippen molar-refractivity contribution in [1.29, 1.82) is 0 Å². The number of amides is 2. The second-order valence-electron chi connectivity index (χ2n) is 10.6. The zero-order chi connectivity index (χ0) is 30.3. The van der Waals surface area contributed by atoms with Crippen LogP contribution in [0.15, 0.2) is 83.3 Å². The van der Waals surface area contributed by atoms with E-state index >= 15 is 0 Å². The number of anilines is 1. The molecule has 0 aromatic heterocycles. The Kier molecular flexibility index (Phi) is 10.7. The molecular weight excluding hydrogens is 623 g/mol. The van der Waals surface area contributed by atoms with Crippen molar-refractivity contribution in [3.8, 4) is 0 Å². The summed E-state index contributed by atoms with van der Waals surface area (Å²) in [4.78, 5) is 29.6. The smallest absolute Gasteiger partial charge is 0.304 e. The van der Waals surface area contributed by atoms with Gasteiger partial charge in [0.2, 0.25) is 11.8 Å². The third-order valence-corrected chi connectivity index (χ3v) is 9.66. The van der Waals surface area contributed by atoms with Crippen LogP contribution < -0.4 is 9.62 Å². The van der Waals surface area contributed by atoms with Crippen LogP contribution in [-0.4, -0.2) is 62.2 Å². The molecule has 11 heteroatoms. The lowest BCUT2D eigenvalue weighted by molar-refractivity contribution is -0.140. The maximum atomic E-state index is 14.3. The average molecular weight is 660 g/mol. The molecule has 42 heavy (non-hydrogen) atoms. The Morgan fingerprint density at radius 3 is 2.21 bits per heavy atom. The first-order valence-electron chi connectivity index (χ1n) is 13.9. The Bertz CT molecular complexity index is 1470.